The van der Waals surface area contributed by atoms with Gasteiger partial charge in [-0.1, -0.05) is 37.6 Å². The molecule has 1 nitrogen and oxygen atoms in total. The van der Waals surface area contributed by atoms with E-state index in [1.165, 1.54) is 37.7 Å². The number of hydrogen-bond acceptors (Lipinski definition) is 1. The molecule has 0 heterocycles. The van der Waals surface area contributed by atoms with Crippen LogP contribution in [-0.4, -0.2) is 6.54 Å². The molecule has 0 unspecified atom stereocenters. The van der Waals surface area contributed by atoms with E-state index in [0.717, 1.165) is 6.42 Å². The molecule has 0 aliphatic heterocycles. The van der Waals surface area contributed by atoms with Crippen molar-refractivity contribution >= 4 is 0 Å². The summed E-state index contributed by atoms with van der Waals surface area (Å²) in [5.41, 5.74) is 6.72. The lowest BCUT2D eigenvalue weighted by Gasteiger charge is -2.00. The van der Waals surface area contributed by atoms with Crippen molar-refractivity contribution in [3.8, 4) is 0 Å². The summed E-state index contributed by atoms with van der Waals surface area (Å²) in [6.07, 6.45) is 11.6. The van der Waals surface area contributed by atoms with E-state index in [2.05, 4.69) is 19.6 Å². The van der Waals surface area contributed by atoms with Crippen LogP contribution in [0.3, 0.4) is 0 Å². The average Bonchev–Trinajstić information content (AvgIpc) is 2.16. The Bertz CT molecular complexity index is 147. The Balaban J connectivity index is 3.08. The smallest absolute Gasteiger partial charge is 0.0106 e. The molecule has 1 heteroatoms. The molecule has 13 heavy (non-hydrogen) atoms. The van der Waals surface area contributed by atoms with Gasteiger partial charge in [0, 0.05) is 6.54 Å². The number of hydrogen-bond donors (Lipinski definition) is 1. The van der Waals surface area contributed by atoms with Gasteiger partial charge < -0.3 is 5.73 Å². The third kappa shape index (κ3) is 9.35. The van der Waals surface area contributed by atoms with Gasteiger partial charge in [0.1, 0.15) is 0 Å². The Kier molecular flexibility index (Phi) is 9.12. The molecule has 2 N–H and O–H groups in total. The highest BCUT2D eigenvalue weighted by molar-refractivity contribution is 4.91. The van der Waals surface area contributed by atoms with Gasteiger partial charge in [0.15, 0.2) is 0 Å². The average molecular weight is 181 g/mol. The van der Waals surface area contributed by atoms with E-state index < -0.39 is 0 Å². The van der Waals surface area contributed by atoms with E-state index in [4.69, 9.17) is 5.73 Å². The minimum atomic E-state index is 0.673. The predicted octanol–water partition coefficient (Wildman–Crippen LogP) is 3.42. The van der Waals surface area contributed by atoms with Gasteiger partial charge in [-0.25, -0.2) is 0 Å². The number of nitrogens with two attached hydrogens (primary N) is 1. The Morgan fingerprint density at radius 3 is 2.62 bits per heavy atom. The Morgan fingerprint density at radius 1 is 1.23 bits per heavy atom. The molecular formula is C12H23N. The zero-order valence-electron chi connectivity index (χ0n) is 8.89. The van der Waals surface area contributed by atoms with Crippen LogP contribution < -0.4 is 5.73 Å². The molecule has 76 valence electrons. The number of allylic oxidation sites excluding steroid dienone is 2. The second-order valence-corrected chi connectivity index (χ2v) is 3.41. The molecule has 0 saturated carbocycles. The summed E-state index contributed by atoms with van der Waals surface area (Å²) in [6, 6.07) is 0. The first-order valence-corrected chi connectivity index (χ1v) is 5.33. The predicted molar refractivity (Wildman–Crippen MR) is 60.7 cm³/mol. The molecule has 0 amide bonds. The standard InChI is InChI=1S/C12H23N/c1-3-12(2)10-8-6-4-5-7-9-11-13/h7,9H,2-6,8,10-11,13H2,1H3/b9-7-. The molecule has 0 aliphatic rings. The van der Waals surface area contributed by atoms with E-state index in [-0.39, 0.29) is 0 Å². The lowest BCUT2D eigenvalue weighted by molar-refractivity contribution is 0.676. The van der Waals surface area contributed by atoms with Crippen LogP contribution in [0.5, 0.6) is 0 Å². The fourth-order valence-electron chi connectivity index (χ4n) is 1.20. The van der Waals surface area contributed by atoms with Gasteiger partial charge in [-0.2, -0.15) is 0 Å². The first kappa shape index (κ1) is 12.4. The molecule has 0 fully saturated rings. The van der Waals surface area contributed by atoms with Gasteiger partial charge in [-0.3, -0.25) is 0 Å². The summed E-state index contributed by atoms with van der Waals surface area (Å²) >= 11 is 0. The highest BCUT2D eigenvalue weighted by Crippen LogP contribution is 2.10. The summed E-state index contributed by atoms with van der Waals surface area (Å²) in [6.45, 7) is 6.84. The molecule has 0 atom stereocenters. The Morgan fingerprint density at radius 2 is 2.00 bits per heavy atom. The zero-order valence-corrected chi connectivity index (χ0v) is 8.89. The van der Waals surface area contributed by atoms with Gasteiger partial charge >= 0.3 is 0 Å². The largest absolute Gasteiger partial charge is 0.327 e. The van der Waals surface area contributed by atoms with E-state index in [9.17, 15) is 0 Å². The topological polar surface area (TPSA) is 26.0 Å². The van der Waals surface area contributed by atoms with Gasteiger partial charge in [0.05, 0.1) is 0 Å². The van der Waals surface area contributed by atoms with Gasteiger partial charge in [0.2, 0.25) is 0 Å². The van der Waals surface area contributed by atoms with E-state index >= 15 is 0 Å². The van der Waals surface area contributed by atoms with Crippen molar-refractivity contribution < 1.29 is 0 Å². The normalized spacial score (nSPS) is 10.9. The van der Waals surface area contributed by atoms with Crippen LogP contribution in [-0.2, 0) is 0 Å². The van der Waals surface area contributed by atoms with Crippen molar-refractivity contribution in [3.05, 3.63) is 24.3 Å². The summed E-state index contributed by atoms with van der Waals surface area (Å²) < 4.78 is 0. The van der Waals surface area contributed by atoms with Crippen molar-refractivity contribution in [2.45, 2.75) is 45.4 Å². The maximum Gasteiger partial charge on any atom is 0.0106 e. The summed E-state index contributed by atoms with van der Waals surface area (Å²) in [7, 11) is 0. The summed E-state index contributed by atoms with van der Waals surface area (Å²) in [5.74, 6) is 0. The fourth-order valence-corrected chi connectivity index (χ4v) is 1.20. The second kappa shape index (κ2) is 9.53. The first-order valence-electron chi connectivity index (χ1n) is 5.33. The van der Waals surface area contributed by atoms with Gasteiger partial charge in [0.25, 0.3) is 0 Å². The van der Waals surface area contributed by atoms with Crippen LogP contribution in [0.4, 0.5) is 0 Å². The Labute approximate surface area is 82.7 Å². The number of unbranched alkanes of at least 4 members (excludes halogenated alkanes) is 3. The van der Waals surface area contributed by atoms with Crippen LogP contribution in [0.25, 0.3) is 0 Å². The van der Waals surface area contributed by atoms with Crippen molar-refractivity contribution in [1.29, 1.82) is 0 Å². The highest BCUT2D eigenvalue weighted by Gasteiger charge is 1.91. The maximum atomic E-state index is 5.33. The zero-order chi connectivity index (χ0) is 9.94. The van der Waals surface area contributed by atoms with Crippen molar-refractivity contribution in [1.82, 2.24) is 0 Å². The molecule has 0 aromatic heterocycles. The van der Waals surface area contributed by atoms with Crippen LogP contribution in [0.15, 0.2) is 24.3 Å². The van der Waals surface area contributed by atoms with E-state index in [1.54, 1.807) is 0 Å². The first-order chi connectivity index (χ1) is 6.31. The van der Waals surface area contributed by atoms with Crippen LogP contribution >= 0.6 is 0 Å². The maximum absolute atomic E-state index is 5.33. The molecule has 0 radical (unpaired) electrons. The molecule has 0 aliphatic carbocycles. The minimum absolute atomic E-state index is 0.673. The highest BCUT2D eigenvalue weighted by atomic mass is 14.5. The fraction of sp³-hybridized carbons (Fsp3) is 0.667. The molecule has 0 aromatic carbocycles. The SMILES string of the molecule is C=C(CC)CCCCC/C=C\CN. The van der Waals surface area contributed by atoms with Crippen LogP contribution in [0, 0.1) is 0 Å². The van der Waals surface area contributed by atoms with Gasteiger partial charge in [-0.05, 0) is 32.1 Å². The third-order valence-corrected chi connectivity index (χ3v) is 2.20. The lowest BCUT2D eigenvalue weighted by atomic mass is 10.1. The molecule has 0 aromatic rings. The molecule has 0 rings (SSSR count). The Hall–Kier alpha value is -0.560. The lowest BCUT2D eigenvalue weighted by Crippen LogP contribution is -1.91. The number of rotatable bonds is 8. The van der Waals surface area contributed by atoms with E-state index in [0.29, 0.717) is 6.54 Å². The van der Waals surface area contributed by atoms with Crippen molar-refractivity contribution in [2.24, 2.45) is 5.73 Å². The quantitative estimate of drug-likeness (QED) is 0.450. The monoisotopic (exact) mass is 181 g/mol. The molecule has 0 spiro atoms. The van der Waals surface area contributed by atoms with Crippen molar-refractivity contribution in [3.63, 3.8) is 0 Å². The minimum Gasteiger partial charge on any atom is -0.327 e. The molecular weight excluding hydrogens is 158 g/mol. The van der Waals surface area contributed by atoms with Gasteiger partial charge in [-0.15, -0.1) is 0 Å². The third-order valence-electron chi connectivity index (χ3n) is 2.20. The van der Waals surface area contributed by atoms with Crippen molar-refractivity contribution in [2.75, 3.05) is 6.54 Å². The summed E-state index contributed by atoms with van der Waals surface area (Å²) in [4.78, 5) is 0. The van der Waals surface area contributed by atoms with Crippen LogP contribution in [0.1, 0.15) is 45.4 Å². The summed E-state index contributed by atoms with van der Waals surface area (Å²) in [5, 5.41) is 0. The van der Waals surface area contributed by atoms with Crippen LogP contribution in [0.2, 0.25) is 0 Å². The second-order valence-electron chi connectivity index (χ2n) is 3.41. The van der Waals surface area contributed by atoms with E-state index in [1.807, 2.05) is 6.08 Å². The molecule has 0 saturated heterocycles. The molecule has 0 bridgehead atoms.